The number of pyridine rings is 1. The molecule has 9 nitrogen and oxygen atoms in total. The van der Waals surface area contributed by atoms with Crippen LogP contribution in [0.2, 0.25) is 0 Å². The Bertz CT molecular complexity index is 1250. The van der Waals surface area contributed by atoms with Gasteiger partial charge >= 0.3 is 0 Å². The maximum atomic E-state index is 12.3. The second-order valence-corrected chi connectivity index (χ2v) is 8.17. The van der Waals surface area contributed by atoms with Gasteiger partial charge in [0.05, 0.1) is 22.7 Å². The van der Waals surface area contributed by atoms with Gasteiger partial charge in [-0.3, -0.25) is 14.6 Å². The van der Waals surface area contributed by atoms with Crippen molar-refractivity contribution in [3.8, 4) is 11.3 Å². The van der Waals surface area contributed by atoms with Crippen molar-refractivity contribution < 1.29 is 13.2 Å². The lowest BCUT2D eigenvalue weighted by Crippen LogP contribution is -2.31. The highest BCUT2D eigenvalue weighted by molar-refractivity contribution is 7.92. The first-order chi connectivity index (χ1) is 14.0. The van der Waals surface area contributed by atoms with Gasteiger partial charge in [0.1, 0.15) is 5.69 Å². The zero-order valence-electron chi connectivity index (χ0n) is 15.2. The molecule has 0 atom stereocenters. The molecule has 0 aliphatic rings. The molecule has 0 bridgehead atoms. The average molecular weight is 410 g/mol. The zero-order chi connectivity index (χ0) is 20.3. The van der Waals surface area contributed by atoms with Crippen molar-refractivity contribution in [2.75, 3.05) is 17.0 Å². The number of rotatable bonds is 7. The number of fused-ring (bicyclic) bond motifs is 1. The highest BCUT2D eigenvalue weighted by Crippen LogP contribution is 2.17. The van der Waals surface area contributed by atoms with E-state index in [4.69, 9.17) is 0 Å². The molecule has 3 N–H and O–H groups in total. The van der Waals surface area contributed by atoms with Crippen LogP contribution in [0.25, 0.3) is 16.8 Å². The molecule has 0 unspecified atom stereocenters. The smallest absolute Gasteiger partial charge is 0.269 e. The fourth-order valence-corrected chi connectivity index (χ4v) is 3.76. The molecule has 29 heavy (non-hydrogen) atoms. The topological polar surface area (TPSA) is 121 Å². The first kappa shape index (κ1) is 18.7. The molecule has 1 amide bonds. The summed E-state index contributed by atoms with van der Waals surface area (Å²) < 4.78 is 28.7. The Morgan fingerprint density at radius 2 is 1.93 bits per heavy atom. The van der Waals surface area contributed by atoms with E-state index < -0.39 is 15.9 Å². The van der Waals surface area contributed by atoms with Crippen molar-refractivity contribution in [1.29, 1.82) is 0 Å². The summed E-state index contributed by atoms with van der Waals surface area (Å²) in [5.41, 5.74) is 2.99. The predicted octanol–water partition coefficient (Wildman–Crippen LogP) is 1.90. The van der Waals surface area contributed by atoms with Crippen molar-refractivity contribution in [3.63, 3.8) is 0 Å². The van der Waals surface area contributed by atoms with Gasteiger partial charge in [-0.2, -0.15) is 10.2 Å². The van der Waals surface area contributed by atoms with Gasteiger partial charge in [-0.05, 0) is 24.3 Å². The minimum Gasteiger partial charge on any atom is -0.350 e. The summed E-state index contributed by atoms with van der Waals surface area (Å²) in [5, 5.41) is 13.4. The van der Waals surface area contributed by atoms with Crippen molar-refractivity contribution in [2.45, 2.75) is 0 Å². The molecule has 1 aromatic carbocycles. The van der Waals surface area contributed by atoms with Crippen LogP contribution < -0.4 is 10.0 Å². The number of benzene rings is 1. The van der Waals surface area contributed by atoms with Gasteiger partial charge < -0.3 is 5.32 Å². The number of sulfonamides is 1. The van der Waals surface area contributed by atoms with E-state index in [-0.39, 0.29) is 18.0 Å². The van der Waals surface area contributed by atoms with Crippen LogP contribution in [0.1, 0.15) is 10.5 Å². The fourth-order valence-electron chi connectivity index (χ4n) is 2.80. The third-order valence-corrected chi connectivity index (χ3v) is 5.51. The van der Waals surface area contributed by atoms with E-state index in [9.17, 15) is 13.2 Å². The normalized spacial score (nSPS) is 11.4. The van der Waals surface area contributed by atoms with E-state index in [1.807, 2.05) is 30.3 Å². The number of hydrogen-bond donors (Lipinski definition) is 3. The number of anilines is 1. The van der Waals surface area contributed by atoms with Gasteiger partial charge in [0, 0.05) is 24.5 Å². The molecule has 3 aromatic heterocycles. The number of nitrogens with zero attached hydrogens (tertiary/aromatic N) is 3. The van der Waals surface area contributed by atoms with Crippen molar-refractivity contribution in [2.24, 2.45) is 0 Å². The fraction of sp³-hybridized carbons (Fsp3) is 0.105. The Labute approximate surface area is 166 Å². The van der Waals surface area contributed by atoms with Crippen LogP contribution in [-0.4, -0.2) is 46.4 Å². The third-order valence-electron chi connectivity index (χ3n) is 4.22. The summed E-state index contributed by atoms with van der Waals surface area (Å²) in [7, 11) is -3.62. The molecular formula is C19H18N6O3S. The SMILES string of the molecule is O=C(NCCS(=O)(=O)Nc1ccn2nccc2c1)c1cc(-c2ccccc2)n[nH]1. The van der Waals surface area contributed by atoms with Crippen molar-refractivity contribution >= 4 is 27.1 Å². The number of amides is 1. The van der Waals surface area contributed by atoms with Crippen LogP contribution in [0.5, 0.6) is 0 Å². The Morgan fingerprint density at radius 1 is 1.10 bits per heavy atom. The van der Waals surface area contributed by atoms with Gasteiger partial charge in [-0.1, -0.05) is 30.3 Å². The summed E-state index contributed by atoms with van der Waals surface area (Å²) in [6.45, 7) is -0.0389. The lowest BCUT2D eigenvalue weighted by molar-refractivity contribution is 0.0951. The van der Waals surface area contributed by atoms with Crippen molar-refractivity contribution in [3.05, 3.63) is 72.7 Å². The number of aromatic amines is 1. The molecule has 3 heterocycles. The first-order valence-corrected chi connectivity index (χ1v) is 10.5. The number of H-pyrrole nitrogens is 1. The average Bonchev–Trinajstić information content (AvgIpc) is 3.37. The molecule has 4 aromatic rings. The van der Waals surface area contributed by atoms with Gasteiger partial charge in [0.2, 0.25) is 10.0 Å². The number of carbonyl (C=O) groups is 1. The molecule has 0 saturated carbocycles. The monoisotopic (exact) mass is 410 g/mol. The maximum Gasteiger partial charge on any atom is 0.269 e. The molecule has 148 valence electrons. The molecule has 0 spiro atoms. The quantitative estimate of drug-likeness (QED) is 0.430. The van der Waals surface area contributed by atoms with Gasteiger partial charge in [0.15, 0.2) is 0 Å². The van der Waals surface area contributed by atoms with Gasteiger partial charge in [-0.15, -0.1) is 0 Å². The Morgan fingerprint density at radius 3 is 2.76 bits per heavy atom. The molecule has 4 rings (SSSR count). The molecule has 10 heteroatoms. The second-order valence-electron chi connectivity index (χ2n) is 6.33. The van der Waals surface area contributed by atoms with Gasteiger partial charge in [0.25, 0.3) is 5.91 Å². The van der Waals surface area contributed by atoms with Crippen LogP contribution in [-0.2, 0) is 10.0 Å². The van der Waals surface area contributed by atoms with E-state index in [0.717, 1.165) is 11.1 Å². The highest BCUT2D eigenvalue weighted by atomic mass is 32.2. The molecule has 0 aliphatic heterocycles. The summed E-state index contributed by atoms with van der Waals surface area (Å²) in [5.74, 6) is -0.682. The van der Waals surface area contributed by atoms with Crippen molar-refractivity contribution in [1.82, 2.24) is 25.1 Å². The third kappa shape index (κ3) is 4.43. The van der Waals surface area contributed by atoms with Crippen LogP contribution in [0, 0.1) is 0 Å². The standard InChI is InChI=1S/C19H18N6O3S/c26-19(18-13-17(22-23-18)14-4-2-1-3-5-14)20-9-11-29(27,28)24-15-7-10-25-16(12-15)6-8-21-25/h1-8,10,12-13,24H,9,11H2,(H,20,26)(H,22,23). The maximum absolute atomic E-state index is 12.3. The molecule has 0 aliphatic carbocycles. The summed E-state index contributed by atoms with van der Waals surface area (Å²) in [6.07, 6.45) is 3.29. The van der Waals surface area contributed by atoms with Crippen LogP contribution in [0.3, 0.4) is 0 Å². The zero-order valence-corrected chi connectivity index (χ0v) is 16.1. The summed E-state index contributed by atoms with van der Waals surface area (Å²) in [4.78, 5) is 12.2. The lowest BCUT2D eigenvalue weighted by atomic mass is 10.1. The molecule has 0 fully saturated rings. The van der Waals surface area contributed by atoms with Gasteiger partial charge in [-0.25, -0.2) is 12.9 Å². The molecule has 0 saturated heterocycles. The number of aromatic nitrogens is 4. The number of hydrogen-bond acceptors (Lipinski definition) is 5. The lowest BCUT2D eigenvalue weighted by Gasteiger charge is -2.09. The van der Waals surface area contributed by atoms with E-state index in [0.29, 0.717) is 11.4 Å². The second kappa shape index (κ2) is 7.76. The van der Waals surface area contributed by atoms with E-state index in [1.54, 1.807) is 41.2 Å². The number of nitrogens with one attached hydrogen (secondary N) is 3. The van der Waals surface area contributed by atoms with E-state index in [1.165, 1.54) is 0 Å². The Hall–Kier alpha value is -3.66. The minimum atomic E-state index is -3.62. The molecular weight excluding hydrogens is 392 g/mol. The highest BCUT2D eigenvalue weighted by Gasteiger charge is 2.14. The van der Waals surface area contributed by atoms with Crippen LogP contribution >= 0.6 is 0 Å². The Kier molecular flexibility index (Phi) is 5.00. The first-order valence-electron chi connectivity index (χ1n) is 8.83. The van der Waals surface area contributed by atoms with Crippen LogP contribution in [0.4, 0.5) is 5.69 Å². The predicted molar refractivity (Wildman–Crippen MR) is 109 cm³/mol. The summed E-state index contributed by atoms with van der Waals surface area (Å²) in [6, 6.07) is 16.1. The Balaban J connectivity index is 1.33. The number of carbonyl (C=O) groups excluding carboxylic acids is 1. The molecule has 0 radical (unpaired) electrons. The van der Waals surface area contributed by atoms with E-state index >= 15 is 0 Å². The van der Waals surface area contributed by atoms with Crippen LogP contribution in [0.15, 0.2) is 67.0 Å². The largest absolute Gasteiger partial charge is 0.350 e. The van der Waals surface area contributed by atoms with E-state index in [2.05, 4.69) is 25.3 Å². The minimum absolute atomic E-state index is 0.0389. The summed E-state index contributed by atoms with van der Waals surface area (Å²) >= 11 is 0.